The van der Waals surface area contributed by atoms with Crippen LogP contribution in [0.4, 0.5) is 0 Å². The quantitative estimate of drug-likeness (QED) is 0.114. The van der Waals surface area contributed by atoms with E-state index in [4.69, 9.17) is 0 Å². The van der Waals surface area contributed by atoms with Gasteiger partial charge in [-0.2, -0.15) is 0 Å². The van der Waals surface area contributed by atoms with Crippen LogP contribution in [0.1, 0.15) is 0 Å². The molecule has 0 atom stereocenters. The minimum Gasteiger partial charge on any atom is -0.309 e. The van der Waals surface area contributed by atoms with E-state index in [1.807, 2.05) is 153 Å². The highest BCUT2D eigenvalue weighted by atomic mass is 16.1. The second-order valence-electron chi connectivity index (χ2n) is 35.2. The summed E-state index contributed by atoms with van der Waals surface area (Å²) in [5.74, 6) is 0. The van der Waals surface area contributed by atoms with Gasteiger partial charge in [-0.05, 0) is 241 Å². The molecule has 0 unspecified atom stereocenters. The maximum atomic E-state index is 15.0. The fourth-order valence-corrected chi connectivity index (χ4v) is 21.0. The number of hydrogen-bond donors (Lipinski definition) is 0. The molecule has 27 aromatic rings. The molecule has 0 bridgehead atoms. The summed E-state index contributed by atoms with van der Waals surface area (Å²) in [5.41, 5.74) is 28.6. The fraction of sp³-hybridized carbons (Fsp3) is 0. The Morgan fingerprint density at radius 2 is 0.326 bits per heavy atom. The second kappa shape index (κ2) is 34.2. The van der Waals surface area contributed by atoms with E-state index in [0.717, 1.165) is 204 Å². The summed E-state index contributed by atoms with van der Waals surface area (Å²) in [7, 11) is 0. The molecule has 0 aliphatic rings. The monoisotopic (exact) mass is 1760 g/mol. The molecule has 27 rings (SSSR count). The van der Waals surface area contributed by atoms with Crippen LogP contribution in [0, 0.1) is 0 Å². The number of fused-ring (bicyclic) bond motifs is 19. The van der Waals surface area contributed by atoms with Gasteiger partial charge in [-0.3, -0.25) is 28.1 Å². The molecule has 0 radical (unpaired) electrons. The topological polar surface area (TPSA) is 80.8 Å². The highest BCUT2D eigenvalue weighted by Crippen LogP contribution is 2.46. The lowest BCUT2D eigenvalue weighted by Crippen LogP contribution is -2.19. The first-order valence-corrected chi connectivity index (χ1v) is 46.7. The number of pyridine rings is 3. The average Bonchev–Trinajstić information content (AvgIpc) is 1.53. The Labute approximate surface area is 793 Å². The van der Waals surface area contributed by atoms with E-state index >= 15 is 0 Å². The average molecular weight is 1770 g/mol. The number of benzene rings is 21. The van der Waals surface area contributed by atoms with Crippen molar-refractivity contribution >= 4 is 130 Å². The van der Waals surface area contributed by atoms with E-state index < -0.39 is 0 Å². The maximum Gasteiger partial charge on any atom is 0.263 e. The van der Waals surface area contributed by atoms with Crippen LogP contribution < -0.4 is 16.7 Å². The number of hydrogen-bond acceptors (Lipinski definition) is 3. The summed E-state index contributed by atoms with van der Waals surface area (Å²) in [4.78, 5) is 43.0. The Hall–Kier alpha value is -18.6. The highest BCUT2D eigenvalue weighted by molar-refractivity contribution is 6.28. The molecule has 9 heteroatoms. The van der Waals surface area contributed by atoms with Crippen molar-refractivity contribution in [2.75, 3.05) is 0 Å². The van der Waals surface area contributed by atoms with Crippen LogP contribution in [0.5, 0.6) is 0 Å². The molecule has 21 aromatic carbocycles. The summed E-state index contributed by atoms with van der Waals surface area (Å²) in [6.45, 7) is 0. The number of para-hydroxylation sites is 5. The van der Waals surface area contributed by atoms with Gasteiger partial charge in [-0.15, -0.1) is 0 Å². The Morgan fingerprint density at radius 1 is 0.109 bits per heavy atom. The third kappa shape index (κ3) is 14.1. The molecule has 0 saturated heterocycles. The molecule has 0 amide bonds. The van der Waals surface area contributed by atoms with E-state index in [1.165, 1.54) is 16.5 Å². The van der Waals surface area contributed by atoms with Crippen LogP contribution in [-0.2, 0) is 0 Å². The van der Waals surface area contributed by atoms with Gasteiger partial charge in [0.15, 0.2) is 0 Å². The molecule has 0 spiro atoms. The predicted octanol–water partition coefficient (Wildman–Crippen LogP) is 31.7. The molecule has 0 N–H and O–H groups in total. The van der Waals surface area contributed by atoms with Crippen LogP contribution in [0.2, 0.25) is 0 Å². The first kappa shape index (κ1) is 81.4. The van der Waals surface area contributed by atoms with E-state index in [-0.39, 0.29) is 16.7 Å². The van der Waals surface area contributed by atoms with Crippen molar-refractivity contribution < 1.29 is 0 Å². The summed E-state index contributed by atoms with van der Waals surface area (Å²) < 4.78 is 12.8. The SMILES string of the molecule is O=c1c2ccccc2c2c3c4ccccc4n(-c4cc(-c5ccccc5)cc(-c5ccccc5)c4)c3ccc2n1-c1cc(-c2ccccc2)cc(-c2ccccc2)c1.O=c1c2ccccc2c2cc3c(cc2n1-c1cccc(-c2ccccc2)c1)c1ccccc1n3-c1cccc(-c2ccccc2)c1.O=c1c2ccccc2c2cc3c(cc2n1-c1ccccc1)c1ccccc1n3-c1ccccc1. The minimum atomic E-state index is -0.0431. The van der Waals surface area contributed by atoms with Crippen molar-refractivity contribution in [2.45, 2.75) is 0 Å². The number of aromatic nitrogens is 6. The molecule has 0 aliphatic heterocycles. The van der Waals surface area contributed by atoms with Crippen LogP contribution in [-0.4, -0.2) is 27.4 Å². The van der Waals surface area contributed by atoms with E-state index in [1.54, 1.807) is 0 Å². The maximum absolute atomic E-state index is 15.0. The predicted molar refractivity (Wildman–Crippen MR) is 577 cm³/mol. The molecule has 0 saturated carbocycles. The Morgan fingerprint density at radius 3 is 0.717 bits per heavy atom. The van der Waals surface area contributed by atoms with Crippen molar-refractivity contribution in [3.05, 3.63) is 541 Å². The summed E-state index contributed by atoms with van der Waals surface area (Å²) in [5, 5.41) is 14.9. The normalized spacial score (nSPS) is 11.6. The zero-order valence-corrected chi connectivity index (χ0v) is 74.9. The molecule has 6 heterocycles. The van der Waals surface area contributed by atoms with E-state index in [2.05, 4.69) is 384 Å². The molecule has 648 valence electrons. The van der Waals surface area contributed by atoms with Crippen molar-refractivity contribution in [3.8, 4) is 101 Å². The molecule has 0 fully saturated rings. The highest BCUT2D eigenvalue weighted by Gasteiger charge is 2.26. The molecular weight excluding hydrogens is 1680 g/mol. The van der Waals surface area contributed by atoms with Crippen LogP contribution in [0.25, 0.3) is 231 Å². The lowest BCUT2D eigenvalue weighted by molar-refractivity contribution is 1.06. The van der Waals surface area contributed by atoms with Gasteiger partial charge in [-0.1, -0.05) is 352 Å². The Kier molecular flexibility index (Phi) is 20.2. The van der Waals surface area contributed by atoms with Crippen LogP contribution in [0.15, 0.2) is 524 Å². The van der Waals surface area contributed by atoms with Crippen molar-refractivity contribution in [2.24, 2.45) is 0 Å². The zero-order valence-electron chi connectivity index (χ0n) is 74.9. The lowest BCUT2D eigenvalue weighted by atomic mass is 9.97. The third-order valence-electron chi connectivity index (χ3n) is 27.3. The largest absolute Gasteiger partial charge is 0.309 e. The first-order valence-electron chi connectivity index (χ1n) is 46.7. The minimum absolute atomic E-state index is 0.000414. The van der Waals surface area contributed by atoms with Gasteiger partial charge in [0.1, 0.15) is 0 Å². The van der Waals surface area contributed by atoms with Crippen molar-refractivity contribution in [3.63, 3.8) is 0 Å². The zero-order chi connectivity index (χ0) is 91.8. The van der Waals surface area contributed by atoms with Gasteiger partial charge in [0.05, 0.1) is 55.3 Å². The van der Waals surface area contributed by atoms with Crippen LogP contribution in [0.3, 0.4) is 0 Å². The van der Waals surface area contributed by atoms with Crippen molar-refractivity contribution in [1.82, 2.24) is 27.4 Å². The second-order valence-corrected chi connectivity index (χ2v) is 35.2. The van der Waals surface area contributed by atoms with Crippen LogP contribution >= 0.6 is 0 Å². The molecule has 6 aromatic heterocycles. The number of nitrogens with zero attached hydrogens (tertiary/aromatic N) is 6. The standard InChI is InChI=1S/C55H36N2O.C43H28N2O.C31H20N2O/c58-55-48-26-14-13-25-47(48)53-52(57(55)46-35-43(39-21-9-3-10-22-39)32-44(36-46)40-23-11-4-12-24-40)30-29-51-54(53)49-27-15-16-28-50(49)56(51)45-33-41(37-17-5-1-6-18-37)31-42(34-45)38-19-7-2-8-20-38;46-43-37-23-8-7-21-35(37)38-27-41-39(28-42(38)45(43)34-20-12-18-32(26-34)30-15-5-2-6-16-30)36-22-9-10-24-40(36)44(41)33-19-11-17-31(25-33)29-13-3-1-4-14-29;34-31-25-17-8-7-15-23(25)26-19-29-27(20-30(26)33(31)22-13-5-2-6-14-22)24-16-9-10-18-28(24)32(29)21-11-3-1-4-12-21/h1-36H;1-28H;1-20H. The van der Waals surface area contributed by atoms with Gasteiger partial charge < -0.3 is 13.7 Å². The van der Waals surface area contributed by atoms with E-state index in [9.17, 15) is 14.4 Å². The summed E-state index contributed by atoms with van der Waals surface area (Å²) >= 11 is 0. The van der Waals surface area contributed by atoms with Gasteiger partial charge >= 0.3 is 0 Å². The van der Waals surface area contributed by atoms with Gasteiger partial charge in [0, 0.05) is 93.1 Å². The lowest BCUT2D eigenvalue weighted by Gasteiger charge is -2.18. The van der Waals surface area contributed by atoms with Crippen molar-refractivity contribution in [1.29, 1.82) is 0 Å². The summed E-state index contributed by atoms with van der Waals surface area (Å²) in [6.07, 6.45) is 0. The molecular formula is C129H84N6O3. The molecule has 0 aliphatic carbocycles. The molecule has 138 heavy (non-hydrogen) atoms. The van der Waals surface area contributed by atoms with Gasteiger partial charge in [0.2, 0.25) is 0 Å². The third-order valence-corrected chi connectivity index (χ3v) is 27.3. The van der Waals surface area contributed by atoms with Gasteiger partial charge in [-0.25, -0.2) is 0 Å². The number of rotatable bonds is 12. The smallest absolute Gasteiger partial charge is 0.263 e. The molecule has 9 nitrogen and oxygen atoms in total. The van der Waals surface area contributed by atoms with Gasteiger partial charge in [0.25, 0.3) is 16.7 Å². The summed E-state index contributed by atoms with van der Waals surface area (Å²) in [6, 6.07) is 177. The fourth-order valence-electron chi connectivity index (χ4n) is 21.0. The Balaban J connectivity index is 0.000000113. The first-order chi connectivity index (χ1) is 68.2. The van der Waals surface area contributed by atoms with E-state index in [0.29, 0.717) is 10.8 Å². The Bertz CT molecular complexity index is 9570.